The number of benzene rings is 2. The smallest absolute Gasteiger partial charge is 0.334 e. The van der Waals surface area contributed by atoms with Crippen molar-refractivity contribution in [2.75, 3.05) is 7.11 Å². The average Bonchev–Trinajstić information content (AvgIpc) is 2.84. The molecule has 4 heteroatoms. The number of hydrogen-bond donors (Lipinski definition) is 0. The molecule has 2 atom stereocenters. The lowest BCUT2D eigenvalue weighted by Crippen LogP contribution is -2.07. The first-order valence-electron chi connectivity index (χ1n) is 6.90. The van der Waals surface area contributed by atoms with Crippen molar-refractivity contribution >= 4 is 21.9 Å². The van der Waals surface area contributed by atoms with Crippen LogP contribution < -0.4 is 4.74 Å². The van der Waals surface area contributed by atoms with Crippen LogP contribution in [0.1, 0.15) is 23.1 Å². The third kappa shape index (κ3) is 2.55. The first kappa shape index (κ1) is 14.9. The summed E-state index contributed by atoms with van der Waals surface area (Å²) >= 11 is 3.55. The average molecular weight is 359 g/mol. The van der Waals surface area contributed by atoms with E-state index < -0.39 is 0 Å². The van der Waals surface area contributed by atoms with Crippen molar-refractivity contribution in [3.63, 3.8) is 0 Å². The van der Waals surface area contributed by atoms with Gasteiger partial charge in [-0.05, 0) is 29.3 Å². The highest BCUT2D eigenvalue weighted by Gasteiger charge is 2.41. The van der Waals surface area contributed by atoms with Crippen LogP contribution in [0.15, 0.2) is 65.2 Å². The van der Waals surface area contributed by atoms with Gasteiger partial charge >= 0.3 is 5.97 Å². The zero-order chi connectivity index (χ0) is 15.7. The van der Waals surface area contributed by atoms with Crippen molar-refractivity contribution in [3.8, 4) is 5.75 Å². The maximum absolute atomic E-state index is 12.0. The molecular formula is C18H15BrO3. The molecule has 0 aromatic heterocycles. The minimum Gasteiger partial charge on any atom is -0.497 e. The van der Waals surface area contributed by atoms with Crippen molar-refractivity contribution in [3.05, 3.63) is 76.3 Å². The molecule has 0 radical (unpaired) electrons. The molecule has 0 bridgehead atoms. The minimum atomic E-state index is -0.371. The van der Waals surface area contributed by atoms with Crippen LogP contribution in [-0.4, -0.2) is 13.1 Å². The third-order valence-corrected chi connectivity index (χ3v) is 4.58. The zero-order valence-corrected chi connectivity index (χ0v) is 13.7. The monoisotopic (exact) mass is 358 g/mol. The summed E-state index contributed by atoms with van der Waals surface area (Å²) < 4.78 is 11.7. The van der Waals surface area contributed by atoms with E-state index >= 15 is 0 Å². The van der Waals surface area contributed by atoms with Gasteiger partial charge in [0.1, 0.15) is 11.9 Å². The Hall–Kier alpha value is -2.07. The van der Waals surface area contributed by atoms with Gasteiger partial charge in [0.15, 0.2) is 0 Å². The van der Waals surface area contributed by atoms with E-state index in [1.165, 1.54) is 0 Å². The molecule has 1 aliphatic heterocycles. The SMILES string of the molecule is C=C1C(=O)O[C@H](c2ccc(OC)cc2)[C@@H]1c1ccccc1Br. The predicted octanol–water partition coefficient (Wildman–Crippen LogP) is 4.40. The van der Waals surface area contributed by atoms with Crippen molar-refractivity contribution in [1.82, 2.24) is 0 Å². The van der Waals surface area contributed by atoms with Gasteiger partial charge in [-0.25, -0.2) is 4.79 Å². The molecule has 0 N–H and O–H groups in total. The standard InChI is InChI=1S/C18H15BrO3/c1-11-16(14-5-3-4-6-15(14)19)17(22-18(11)20)12-7-9-13(21-2)10-8-12/h3-10,16-17H,1H2,2H3/t16-,17+/m0/s1. The molecule has 0 aliphatic carbocycles. The summed E-state index contributed by atoms with van der Waals surface area (Å²) in [6, 6.07) is 15.4. The van der Waals surface area contributed by atoms with Crippen LogP contribution in [0.3, 0.4) is 0 Å². The van der Waals surface area contributed by atoms with Crippen molar-refractivity contribution in [2.45, 2.75) is 12.0 Å². The Morgan fingerprint density at radius 3 is 2.45 bits per heavy atom. The fraction of sp³-hybridized carbons (Fsp3) is 0.167. The topological polar surface area (TPSA) is 35.5 Å². The summed E-state index contributed by atoms with van der Waals surface area (Å²) in [7, 11) is 1.62. The maximum atomic E-state index is 12.0. The Kier molecular flexibility index (Phi) is 4.03. The molecule has 3 rings (SSSR count). The number of carbonyl (C=O) groups is 1. The molecular weight excluding hydrogens is 344 g/mol. The van der Waals surface area contributed by atoms with E-state index in [4.69, 9.17) is 9.47 Å². The van der Waals surface area contributed by atoms with E-state index in [2.05, 4.69) is 22.5 Å². The highest BCUT2D eigenvalue weighted by atomic mass is 79.9. The van der Waals surface area contributed by atoms with E-state index in [1.54, 1.807) is 7.11 Å². The van der Waals surface area contributed by atoms with Crippen molar-refractivity contribution in [1.29, 1.82) is 0 Å². The number of halogens is 1. The number of esters is 1. The molecule has 1 heterocycles. The number of hydrogen-bond acceptors (Lipinski definition) is 3. The Morgan fingerprint density at radius 1 is 1.14 bits per heavy atom. The molecule has 2 aromatic rings. The van der Waals surface area contributed by atoms with E-state index in [1.807, 2.05) is 48.5 Å². The number of rotatable bonds is 3. The summed E-state index contributed by atoms with van der Waals surface area (Å²) in [6.07, 6.45) is -0.371. The molecule has 1 fully saturated rings. The number of ether oxygens (including phenoxy) is 2. The van der Waals surface area contributed by atoms with Gasteiger partial charge in [0.05, 0.1) is 13.0 Å². The van der Waals surface area contributed by atoms with Crippen molar-refractivity contribution in [2.24, 2.45) is 0 Å². The quantitative estimate of drug-likeness (QED) is 0.602. The van der Waals surface area contributed by atoms with Crippen LogP contribution in [-0.2, 0) is 9.53 Å². The fourth-order valence-corrected chi connectivity index (χ4v) is 3.23. The molecule has 0 saturated carbocycles. The van der Waals surface area contributed by atoms with Gasteiger partial charge in [-0.15, -0.1) is 0 Å². The van der Waals surface area contributed by atoms with Gasteiger partial charge in [0, 0.05) is 10.0 Å². The predicted molar refractivity (Wildman–Crippen MR) is 87.9 cm³/mol. The number of carbonyl (C=O) groups excluding carboxylic acids is 1. The first-order chi connectivity index (χ1) is 10.6. The normalized spacial score (nSPS) is 20.8. The Labute approximate surface area is 137 Å². The second-order valence-electron chi connectivity index (χ2n) is 5.12. The van der Waals surface area contributed by atoms with Crippen LogP contribution >= 0.6 is 15.9 Å². The van der Waals surface area contributed by atoms with Gasteiger partial charge < -0.3 is 9.47 Å². The molecule has 0 spiro atoms. The lowest BCUT2D eigenvalue weighted by atomic mass is 9.86. The Balaban J connectivity index is 2.03. The lowest BCUT2D eigenvalue weighted by molar-refractivity contribution is -0.139. The summed E-state index contributed by atoms with van der Waals surface area (Å²) in [5, 5.41) is 0. The lowest BCUT2D eigenvalue weighted by Gasteiger charge is -2.20. The van der Waals surface area contributed by atoms with Gasteiger partial charge in [0.25, 0.3) is 0 Å². The van der Waals surface area contributed by atoms with Crippen LogP contribution in [0.2, 0.25) is 0 Å². The zero-order valence-electron chi connectivity index (χ0n) is 12.1. The highest BCUT2D eigenvalue weighted by Crippen LogP contribution is 2.47. The molecule has 0 unspecified atom stereocenters. The fourth-order valence-electron chi connectivity index (χ4n) is 2.70. The van der Waals surface area contributed by atoms with E-state index in [9.17, 15) is 4.79 Å². The van der Waals surface area contributed by atoms with Gasteiger partial charge in [-0.1, -0.05) is 52.8 Å². The maximum Gasteiger partial charge on any atom is 0.334 e. The Morgan fingerprint density at radius 2 is 1.82 bits per heavy atom. The van der Waals surface area contributed by atoms with Gasteiger partial charge in [-0.3, -0.25) is 0 Å². The second kappa shape index (κ2) is 5.97. The summed E-state index contributed by atoms with van der Waals surface area (Å²) in [6.45, 7) is 3.92. The molecule has 0 amide bonds. The van der Waals surface area contributed by atoms with E-state index in [0.29, 0.717) is 5.57 Å². The molecule has 1 aliphatic rings. The van der Waals surface area contributed by atoms with Gasteiger partial charge in [0.2, 0.25) is 0 Å². The number of cyclic esters (lactones) is 1. The molecule has 2 aromatic carbocycles. The molecule has 1 saturated heterocycles. The largest absolute Gasteiger partial charge is 0.497 e. The Bertz CT molecular complexity index is 721. The second-order valence-corrected chi connectivity index (χ2v) is 5.98. The van der Waals surface area contributed by atoms with Crippen LogP contribution in [0.4, 0.5) is 0 Å². The molecule has 112 valence electrons. The summed E-state index contributed by atoms with van der Waals surface area (Å²) in [5.74, 6) is 0.224. The molecule has 3 nitrogen and oxygen atoms in total. The van der Waals surface area contributed by atoms with Crippen LogP contribution in [0.25, 0.3) is 0 Å². The minimum absolute atomic E-state index is 0.198. The van der Waals surface area contributed by atoms with Crippen molar-refractivity contribution < 1.29 is 14.3 Å². The van der Waals surface area contributed by atoms with Crippen LogP contribution in [0.5, 0.6) is 5.75 Å². The first-order valence-corrected chi connectivity index (χ1v) is 7.69. The number of methoxy groups -OCH3 is 1. The summed E-state index contributed by atoms with van der Waals surface area (Å²) in [4.78, 5) is 12.0. The highest BCUT2D eigenvalue weighted by molar-refractivity contribution is 9.10. The van der Waals surface area contributed by atoms with E-state index in [0.717, 1.165) is 21.3 Å². The van der Waals surface area contributed by atoms with E-state index in [-0.39, 0.29) is 18.0 Å². The third-order valence-electron chi connectivity index (χ3n) is 3.86. The van der Waals surface area contributed by atoms with Gasteiger partial charge in [-0.2, -0.15) is 0 Å². The van der Waals surface area contributed by atoms with Crippen LogP contribution in [0, 0.1) is 0 Å². The molecule has 22 heavy (non-hydrogen) atoms. The summed E-state index contributed by atoms with van der Waals surface area (Å²) in [5.41, 5.74) is 2.40.